The Morgan fingerprint density at radius 1 is 1.43 bits per heavy atom. The summed E-state index contributed by atoms with van der Waals surface area (Å²) in [6, 6.07) is 0. The van der Waals surface area contributed by atoms with Gasteiger partial charge in [0.1, 0.15) is 12.2 Å². The van der Waals surface area contributed by atoms with Gasteiger partial charge in [-0.05, 0) is 6.92 Å². The zero-order valence-corrected chi connectivity index (χ0v) is 11.7. The van der Waals surface area contributed by atoms with Crippen LogP contribution in [0.5, 0.6) is 5.75 Å². The standard InChI is InChI=1S/C12H15F3N2O4/c1-4-21-11(20)7-9(18)8(6(2)3)16-17(10(7)19)5-12(13,14)15/h6,18H,4-5H2,1-3H3. The topological polar surface area (TPSA) is 81.4 Å². The summed E-state index contributed by atoms with van der Waals surface area (Å²) in [6.07, 6.45) is -4.69. The smallest absolute Gasteiger partial charge is 0.408 e. The van der Waals surface area contributed by atoms with Crippen LogP contribution in [0.15, 0.2) is 4.79 Å². The highest BCUT2D eigenvalue weighted by molar-refractivity contribution is 5.92. The predicted octanol–water partition coefficient (Wildman–Crippen LogP) is 1.81. The van der Waals surface area contributed by atoms with E-state index in [2.05, 4.69) is 9.84 Å². The summed E-state index contributed by atoms with van der Waals surface area (Å²) in [5, 5.41) is 13.4. The number of carbonyl (C=O) groups is 1. The van der Waals surface area contributed by atoms with Gasteiger partial charge in [-0.25, -0.2) is 9.48 Å². The molecule has 0 unspecified atom stereocenters. The van der Waals surface area contributed by atoms with E-state index in [1.807, 2.05) is 0 Å². The first-order valence-corrected chi connectivity index (χ1v) is 6.16. The number of ether oxygens (including phenoxy) is 1. The third-order valence-corrected chi connectivity index (χ3v) is 2.51. The normalized spacial score (nSPS) is 11.8. The number of hydrogen-bond donors (Lipinski definition) is 1. The lowest BCUT2D eigenvalue weighted by molar-refractivity contribution is -0.143. The first-order valence-electron chi connectivity index (χ1n) is 6.16. The summed E-state index contributed by atoms with van der Waals surface area (Å²) in [7, 11) is 0. The van der Waals surface area contributed by atoms with Gasteiger partial charge < -0.3 is 9.84 Å². The summed E-state index contributed by atoms with van der Waals surface area (Å²) >= 11 is 0. The van der Waals surface area contributed by atoms with Crippen molar-refractivity contribution in [1.29, 1.82) is 0 Å². The minimum Gasteiger partial charge on any atom is -0.505 e. The molecule has 0 aliphatic heterocycles. The Hall–Kier alpha value is -2.06. The SMILES string of the molecule is CCOC(=O)c1c(O)c(C(C)C)nn(CC(F)(F)F)c1=O. The summed E-state index contributed by atoms with van der Waals surface area (Å²) < 4.78 is 42.1. The van der Waals surface area contributed by atoms with Crippen LogP contribution in [0.2, 0.25) is 0 Å². The molecule has 0 aromatic carbocycles. The molecule has 1 aromatic rings. The lowest BCUT2D eigenvalue weighted by Gasteiger charge is -2.15. The van der Waals surface area contributed by atoms with Crippen LogP contribution in [0.3, 0.4) is 0 Å². The molecular weight excluding hydrogens is 293 g/mol. The molecule has 0 aliphatic carbocycles. The van der Waals surface area contributed by atoms with Gasteiger partial charge >= 0.3 is 12.1 Å². The van der Waals surface area contributed by atoms with Gasteiger partial charge in [0.25, 0.3) is 5.56 Å². The summed E-state index contributed by atoms with van der Waals surface area (Å²) in [5.41, 5.74) is -2.35. The van der Waals surface area contributed by atoms with Crippen LogP contribution in [0, 0.1) is 0 Å². The second kappa shape index (κ2) is 6.15. The van der Waals surface area contributed by atoms with Crippen molar-refractivity contribution < 1.29 is 27.8 Å². The second-order valence-electron chi connectivity index (χ2n) is 4.56. The van der Waals surface area contributed by atoms with Crippen LogP contribution in [0.25, 0.3) is 0 Å². The molecule has 0 fully saturated rings. The van der Waals surface area contributed by atoms with Crippen molar-refractivity contribution in [3.05, 3.63) is 21.6 Å². The lowest BCUT2D eigenvalue weighted by Crippen LogP contribution is -2.35. The maximum Gasteiger partial charge on any atom is 0.408 e. The molecule has 1 heterocycles. The van der Waals surface area contributed by atoms with Crippen molar-refractivity contribution in [3.8, 4) is 5.75 Å². The van der Waals surface area contributed by atoms with E-state index in [1.54, 1.807) is 13.8 Å². The van der Waals surface area contributed by atoms with E-state index in [0.717, 1.165) is 0 Å². The molecule has 21 heavy (non-hydrogen) atoms. The molecule has 6 nitrogen and oxygen atoms in total. The van der Waals surface area contributed by atoms with Crippen molar-refractivity contribution in [2.24, 2.45) is 0 Å². The van der Waals surface area contributed by atoms with Gasteiger partial charge in [-0.15, -0.1) is 0 Å². The van der Waals surface area contributed by atoms with E-state index >= 15 is 0 Å². The molecule has 0 radical (unpaired) electrons. The third-order valence-electron chi connectivity index (χ3n) is 2.51. The maximum absolute atomic E-state index is 12.5. The molecule has 1 aromatic heterocycles. The highest BCUT2D eigenvalue weighted by Gasteiger charge is 2.32. The van der Waals surface area contributed by atoms with Crippen LogP contribution < -0.4 is 5.56 Å². The molecule has 0 amide bonds. The van der Waals surface area contributed by atoms with Crippen LogP contribution in [0.1, 0.15) is 42.7 Å². The van der Waals surface area contributed by atoms with E-state index in [9.17, 15) is 27.9 Å². The molecule has 1 rings (SSSR count). The molecule has 118 valence electrons. The van der Waals surface area contributed by atoms with Crippen molar-refractivity contribution in [2.45, 2.75) is 39.4 Å². The van der Waals surface area contributed by atoms with Crippen molar-refractivity contribution in [3.63, 3.8) is 0 Å². The fraction of sp³-hybridized carbons (Fsp3) is 0.583. The Morgan fingerprint density at radius 2 is 2.00 bits per heavy atom. The number of aromatic nitrogens is 2. The molecule has 0 saturated heterocycles. The molecule has 0 aliphatic rings. The van der Waals surface area contributed by atoms with Crippen molar-refractivity contribution >= 4 is 5.97 Å². The fourth-order valence-electron chi connectivity index (χ4n) is 1.63. The average molecular weight is 308 g/mol. The number of aromatic hydroxyl groups is 1. The highest BCUT2D eigenvalue weighted by atomic mass is 19.4. The number of carbonyl (C=O) groups excluding carboxylic acids is 1. The summed E-state index contributed by atoms with van der Waals surface area (Å²) in [4.78, 5) is 23.6. The van der Waals surface area contributed by atoms with E-state index in [0.29, 0.717) is 0 Å². The Bertz CT molecular complexity index is 593. The third kappa shape index (κ3) is 3.96. The Morgan fingerprint density at radius 3 is 2.43 bits per heavy atom. The van der Waals surface area contributed by atoms with E-state index in [-0.39, 0.29) is 17.0 Å². The molecule has 0 bridgehead atoms. The number of esters is 1. The highest BCUT2D eigenvalue weighted by Crippen LogP contribution is 2.26. The Labute approximate surface area is 118 Å². The van der Waals surface area contributed by atoms with E-state index in [4.69, 9.17) is 0 Å². The molecule has 1 N–H and O–H groups in total. The van der Waals surface area contributed by atoms with Gasteiger partial charge in [-0.3, -0.25) is 4.79 Å². The van der Waals surface area contributed by atoms with Crippen LogP contribution >= 0.6 is 0 Å². The minimum absolute atomic E-state index is 0.0870. The number of rotatable bonds is 4. The number of hydrogen-bond acceptors (Lipinski definition) is 5. The Balaban J connectivity index is 3.54. The van der Waals surface area contributed by atoms with E-state index < -0.39 is 41.5 Å². The molecular formula is C12H15F3N2O4. The fourth-order valence-corrected chi connectivity index (χ4v) is 1.63. The van der Waals surface area contributed by atoms with Gasteiger partial charge in [0.15, 0.2) is 11.3 Å². The first-order chi connectivity index (χ1) is 9.58. The molecule has 0 saturated carbocycles. The van der Waals surface area contributed by atoms with Gasteiger partial charge in [-0.1, -0.05) is 13.8 Å². The molecule has 0 spiro atoms. The molecule has 9 heteroatoms. The van der Waals surface area contributed by atoms with Crippen molar-refractivity contribution in [2.75, 3.05) is 6.61 Å². The van der Waals surface area contributed by atoms with Gasteiger partial charge in [0, 0.05) is 5.92 Å². The largest absolute Gasteiger partial charge is 0.505 e. The summed E-state index contributed by atoms with van der Waals surface area (Å²) in [5.74, 6) is -2.41. The molecule has 0 atom stereocenters. The maximum atomic E-state index is 12.5. The number of nitrogens with zero attached hydrogens (tertiary/aromatic N) is 2. The average Bonchev–Trinajstić information content (AvgIpc) is 2.31. The predicted molar refractivity (Wildman–Crippen MR) is 66.3 cm³/mol. The summed E-state index contributed by atoms with van der Waals surface area (Å²) in [6.45, 7) is 2.83. The zero-order valence-electron chi connectivity index (χ0n) is 11.7. The quantitative estimate of drug-likeness (QED) is 0.858. The zero-order chi connectivity index (χ0) is 16.4. The van der Waals surface area contributed by atoms with Crippen molar-refractivity contribution in [1.82, 2.24) is 9.78 Å². The number of halogens is 3. The number of alkyl halides is 3. The van der Waals surface area contributed by atoms with Gasteiger partial charge in [-0.2, -0.15) is 18.3 Å². The van der Waals surface area contributed by atoms with Crippen LogP contribution in [-0.2, 0) is 11.3 Å². The first kappa shape index (κ1) is 17.0. The van der Waals surface area contributed by atoms with E-state index in [1.165, 1.54) is 6.92 Å². The van der Waals surface area contributed by atoms with Crippen LogP contribution in [0.4, 0.5) is 13.2 Å². The monoisotopic (exact) mass is 308 g/mol. The minimum atomic E-state index is -4.69. The van der Waals surface area contributed by atoms with Gasteiger partial charge in [0.05, 0.1) is 6.61 Å². The van der Waals surface area contributed by atoms with Gasteiger partial charge in [0.2, 0.25) is 0 Å². The Kier molecular flexibility index (Phi) is 4.97. The lowest BCUT2D eigenvalue weighted by atomic mass is 10.1. The van der Waals surface area contributed by atoms with Crippen LogP contribution in [-0.4, -0.2) is 33.6 Å². The second-order valence-corrected chi connectivity index (χ2v) is 4.56.